The van der Waals surface area contributed by atoms with E-state index in [1.165, 1.54) is 0 Å². The van der Waals surface area contributed by atoms with E-state index in [4.69, 9.17) is 11.0 Å². The number of nitriles is 1. The molecule has 2 nitrogen and oxygen atoms in total. The average molecular weight is 182 g/mol. The summed E-state index contributed by atoms with van der Waals surface area (Å²) in [6.45, 7) is 0. The molecule has 0 heterocycles. The Morgan fingerprint density at radius 2 is 2.00 bits per heavy atom. The van der Waals surface area contributed by atoms with Crippen molar-refractivity contribution < 1.29 is 8.78 Å². The van der Waals surface area contributed by atoms with Gasteiger partial charge in [0.1, 0.15) is 11.6 Å². The standard InChI is InChI=1S/C9H8F2N2/c10-7-5-9(13)8(11)4-6(7)2-1-3-12/h4-5H,1-2,13H2. The first-order chi connectivity index (χ1) is 6.15. The van der Waals surface area contributed by atoms with Gasteiger partial charge in [0.05, 0.1) is 11.8 Å². The van der Waals surface area contributed by atoms with E-state index in [2.05, 4.69) is 0 Å². The molecular formula is C9H8F2N2. The van der Waals surface area contributed by atoms with Crippen molar-refractivity contribution in [2.45, 2.75) is 12.8 Å². The van der Waals surface area contributed by atoms with Crippen LogP contribution in [0.2, 0.25) is 0 Å². The van der Waals surface area contributed by atoms with Gasteiger partial charge in [0.15, 0.2) is 0 Å². The van der Waals surface area contributed by atoms with Crippen molar-refractivity contribution in [2.75, 3.05) is 5.73 Å². The number of rotatable bonds is 2. The molecule has 0 radical (unpaired) electrons. The third kappa shape index (κ3) is 2.15. The molecule has 0 aliphatic rings. The van der Waals surface area contributed by atoms with E-state index in [0.29, 0.717) is 0 Å². The van der Waals surface area contributed by atoms with E-state index in [9.17, 15) is 8.78 Å². The summed E-state index contributed by atoms with van der Waals surface area (Å²) in [4.78, 5) is 0. The second kappa shape index (κ2) is 3.85. The van der Waals surface area contributed by atoms with Gasteiger partial charge in [0, 0.05) is 12.5 Å². The Morgan fingerprint density at radius 3 is 2.62 bits per heavy atom. The molecule has 2 N–H and O–H groups in total. The third-order valence-electron chi connectivity index (χ3n) is 1.67. The summed E-state index contributed by atoms with van der Waals surface area (Å²) in [5, 5.41) is 8.25. The molecule has 0 saturated carbocycles. The summed E-state index contributed by atoms with van der Waals surface area (Å²) in [6.07, 6.45) is 0.375. The van der Waals surface area contributed by atoms with Crippen LogP contribution < -0.4 is 5.73 Å². The molecule has 1 aromatic carbocycles. The number of aryl methyl sites for hydroxylation is 1. The van der Waals surface area contributed by atoms with Crippen molar-refractivity contribution in [3.8, 4) is 6.07 Å². The van der Waals surface area contributed by atoms with Crippen LogP contribution in [0.25, 0.3) is 0 Å². The van der Waals surface area contributed by atoms with Crippen molar-refractivity contribution in [2.24, 2.45) is 0 Å². The Bertz CT molecular complexity index is 355. The van der Waals surface area contributed by atoms with E-state index < -0.39 is 11.6 Å². The molecular weight excluding hydrogens is 174 g/mol. The number of nitrogens with zero attached hydrogens (tertiary/aromatic N) is 1. The molecule has 0 fully saturated rings. The van der Waals surface area contributed by atoms with E-state index in [1.54, 1.807) is 0 Å². The number of nitrogens with two attached hydrogens (primary N) is 1. The van der Waals surface area contributed by atoms with Crippen LogP contribution in [0, 0.1) is 23.0 Å². The van der Waals surface area contributed by atoms with Crippen molar-refractivity contribution in [3.63, 3.8) is 0 Å². The highest BCUT2D eigenvalue weighted by atomic mass is 19.1. The summed E-state index contributed by atoms with van der Waals surface area (Å²) in [7, 11) is 0. The minimum Gasteiger partial charge on any atom is -0.396 e. The van der Waals surface area contributed by atoms with Crippen molar-refractivity contribution in [1.82, 2.24) is 0 Å². The summed E-state index contributed by atoms with van der Waals surface area (Å²) >= 11 is 0. The fraction of sp³-hybridized carbons (Fsp3) is 0.222. The summed E-state index contributed by atoms with van der Waals surface area (Å²) in [6, 6.07) is 3.82. The van der Waals surface area contributed by atoms with Crippen molar-refractivity contribution in [1.29, 1.82) is 5.26 Å². The van der Waals surface area contributed by atoms with Gasteiger partial charge in [-0.25, -0.2) is 8.78 Å². The fourth-order valence-corrected chi connectivity index (χ4v) is 0.986. The van der Waals surface area contributed by atoms with Crippen LogP contribution >= 0.6 is 0 Å². The number of benzene rings is 1. The molecule has 0 unspecified atom stereocenters. The van der Waals surface area contributed by atoms with Crippen LogP contribution in [0.15, 0.2) is 12.1 Å². The zero-order valence-electron chi connectivity index (χ0n) is 6.85. The lowest BCUT2D eigenvalue weighted by molar-refractivity contribution is 0.588. The first-order valence-corrected chi connectivity index (χ1v) is 3.75. The molecule has 0 aliphatic heterocycles. The van der Waals surface area contributed by atoms with Gasteiger partial charge in [-0.1, -0.05) is 0 Å². The first-order valence-electron chi connectivity index (χ1n) is 3.75. The molecule has 0 atom stereocenters. The van der Waals surface area contributed by atoms with Crippen LogP contribution in [-0.2, 0) is 6.42 Å². The molecule has 1 rings (SSSR count). The Morgan fingerprint density at radius 1 is 1.31 bits per heavy atom. The quantitative estimate of drug-likeness (QED) is 0.711. The van der Waals surface area contributed by atoms with Gasteiger partial charge in [-0.05, 0) is 18.1 Å². The third-order valence-corrected chi connectivity index (χ3v) is 1.67. The molecule has 1 aromatic rings. The Labute approximate surface area is 74.6 Å². The Kier molecular flexibility index (Phi) is 2.80. The molecule has 68 valence electrons. The van der Waals surface area contributed by atoms with Gasteiger partial charge < -0.3 is 5.73 Å². The van der Waals surface area contributed by atoms with Crippen LogP contribution in [0.5, 0.6) is 0 Å². The maximum absolute atomic E-state index is 13.0. The van der Waals surface area contributed by atoms with Gasteiger partial charge in [0.2, 0.25) is 0 Å². The second-order valence-electron chi connectivity index (χ2n) is 2.62. The van der Waals surface area contributed by atoms with E-state index in [1.807, 2.05) is 6.07 Å². The smallest absolute Gasteiger partial charge is 0.146 e. The lowest BCUT2D eigenvalue weighted by Gasteiger charge is -2.02. The van der Waals surface area contributed by atoms with Crippen LogP contribution in [0.4, 0.5) is 14.5 Å². The Balaban J connectivity index is 2.96. The molecule has 0 amide bonds. The number of halogens is 2. The zero-order chi connectivity index (χ0) is 9.84. The largest absolute Gasteiger partial charge is 0.396 e. The molecule has 4 heteroatoms. The highest BCUT2D eigenvalue weighted by Gasteiger charge is 2.06. The normalized spacial score (nSPS) is 9.62. The molecule has 0 aromatic heterocycles. The Hall–Kier alpha value is -1.63. The molecule has 0 aliphatic carbocycles. The second-order valence-corrected chi connectivity index (χ2v) is 2.62. The highest BCUT2D eigenvalue weighted by molar-refractivity contribution is 5.42. The van der Waals surface area contributed by atoms with Gasteiger partial charge in [-0.3, -0.25) is 0 Å². The first kappa shape index (κ1) is 9.46. The minimum absolute atomic E-state index is 0.167. The van der Waals surface area contributed by atoms with E-state index in [0.717, 1.165) is 12.1 Å². The predicted octanol–water partition coefficient (Wildman–Crippen LogP) is 2.00. The van der Waals surface area contributed by atoms with E-state index >= 15 is 0 Å². The van der Waals surface area contributed by atoms with E-state index in [-0.39, 0.29) is 24.1 Å². The van der Waals surface area contributed by atoms with Crippen molar-refractivity contribution in [3.05, 3.63) is 29.3 Å². The summed E-state index contributed by atoms with van der Waals surface area (Å²) in [5.74, 6) is -1.21. The van der Waals surface area contributed by atoms with Gasteiger partial charge >= 0.3 is 0 Å². The molecule has 0 bridgehead atoms. The van der Waals surface area contributed by atoms with Crippen molar-refractivity contribution >= 4 is 5.69 Å². The highest BCUT2D eigenvalue weighted by Crippen LogP contribution is 2.17. The number of hydrogen-bond acceptors (Lipinski definition) is 2. The van der Waals surface area contributed by atoms with Crippen LogP contribution in [0.3, 0.4) is 0 Å². The molecule has 0 spiro atoms. The summed E-state index contributed by atoms with van der Waals surface area (Å²) in [5.41, 5.74) is 5.12. The van der Waals surface area contributed by atoms with Crippen LogP contribution in [0.1, 0.15) is 12.0 Å². The maximum Gasteiger partial charge on any atom is 0.146 e. The predicted molar refractivity (Wildman–Crippen MR) is 44.7 cm³/mol. The lowest BCUT2D eigenvalue weighted by Crippen LogP contribution is -1.97. The number of hydrogen-bond donors (Lipinski definition) is 1. The molecule has 0 saturated heterocycles. The maximum atomic E-state index is 13.0. The molecule has 13 heavy (non-hydrogen) atoms. The van der Waals surface area contributed by atoms with Gasteiger partial charge in [-0.15, -0.1) is 0 Å². The summed E-state index contributed by atoms with van der Waals surface area (Å²) < 4.78 is 25.8. The average Bonchev–Trinajstić information content (AvgIpc) is 2.09. The minimum atomic E-state index is -0.644. The number of nitrogen functional groups attached to an aromatic ring is 1. The fourth-order valence-electron chi connectivity index (χ4n) is 0.986. The zero-order valence-corrected chi connectivity index (χ0v) is 6.85. The SMILES string of the molecule is N#CCCc1cc(F)c(N)cc1F. The topological polar surface area (TPSA) is 49.8 Å². The van der Waals surface area contributed by atoms with Gasteiger partial charge in [-0.2, -0.15) is 5.26 Å². The van der Waals surface area contributed by atoms with Gasteiger partial charge in [0.25, 0.3) is 0 Å². The number of anilines is 1. The van der Waals surface area contributed by atoms with Crippen LogP contribution in [-0.4, -0.2) is 0 Å². The lowest BCUT2D eigenvalue weighted by atomic mass is 10.1. The monoisotopic (exact) mass is 182 g/mol.